The van der Waals surface area contributed by atoms with Crippen LogP contribution in [0.4, 0.5) is 5.69 Å². The molecule has 0 saturated heterocycles. The molecule has 2 aromatic rings. The van der Waals surface area contributed by atoms with Crippen molar-refractivity contribution in [2.75, 3.05) is 26.1 Å². The van der Waals surface area contributed by atoms with Crippen LogP contribution in [0, 0.1) is 0 Å². The Bertz CT molecular complexity index is 773. The van der Waals surface area contributed by atoms with Gasteiger partial charge in [0.05, 0.1) is 20.6 Å². The Kier molecular flexibility index (Phi) is 7.02. The summed E-state index contributed by atoms with van der Waals surface area (Å²) in [7, 11) is 3.07. The average Bonchev–Trinajstić information content (AvgIpc) is 2.67. The summed E-state index contributed by atoms with van der Waals surface area (Å²) in [6.45, 7) is 1.67. The lowest BCUT2D eigenvalue weighted by Crippen LogP contribution is -2.22. The van der Waals surface area contributed by atoms with Crippen molar-refractivity contribution in [1.82, 2.24) is 0 Å². The molecule has 138 valence electrons. The summed E-state index contributed by atoms with van der Waals surface area (Å²) in [5.74, 6) is 0.281. The van der Waals surface area contributed by atoms with E-state index in [-0.39, 0.29) is 18.9 Å². The summed E-state index contributed by atoms with van der Waals surface area (Å²) >= 11 is 0. The zero-order chi connectivity index (χ0) is 18.9. The van der Waals surface area contributed by atoms with Gasteiger partial charge >= 0.3 is 5.97 Å². The van der Waals surface area contributed by atoms with Crippen LogP contribution < -0.4 is 14.8 Å². The van der Waals surface area contributed by atoms with Crippen molar-refractivity contribution in [2.24, 2.45) is 0 Å². The first-order chi connectivity index (χ1) is 12.6. The number of aryl methyl sites for hydroxylation is 1. The maximum absolute atomic E-state index is 12.0. The van der Waals surface area contributed by atoms with E-state index in [4.69, 9.17) is 14.2 Å². The molecule has 0 spiro atoms. The molecule has 6 heteroatoms. The SMILES string of the molecule is CCc1ccccc1NC(=O)COC(=O)Cc1ccc(OC)cc1OC. The van der Waals surface area contributed by atoms with Gasteiger partial charge in [0.2, 0.25) is 0 Å². The van der Waals surface area contributed by atoms with Gasteiger partial charge in [-0.1, -0.05) is 31.2 Å². The third-order valence-corrected chi connectivity index (χ3v) is 3.87. The highest BCUT2D eigenvalue weighted by atomic mass is 16.5. The van der Waals surface area contributed by atoms with Crippen molar-refractivity contribution >= 4 is 17.6 Å². The van der Waals surface area contributed by atoms with Crippen LogP contribution >= 0.6 is 0 Å². The molecule has 0 atom stereocenters. The van der Waals surface area contributed by atoms with E-state index in [9.17, 15) is 9.59 Å². The maximum Gasteiger partial charge on any atom is 0.310 e. The second kappa shape index (κ2) is 9.46. The van der Waals surface area contributed by atoms with Crippen LogP contribution in [0.3, 0.4) is 0 Å². The first kappa shape index (κ1) is 19.3. The van der Waals surface area contributed by atoms with Gasteiger partial charge < -0.3 is 19.5 Å². The van der Waals surface area contributed by atoms with Gasteiger partial charge in [0.15, 0.2) is 6.61 Å². The summed E-state index contributed by atoms with van der Waals surface area (Å²) in [6, 6.07) is 12.7. The van der Waals surface area contributed by atoms with Gasteiger partial charge in [-0.15, -0.1) is 0 Å². The molecule has 0 bridgehead atoms. The van der Waals surface area contributed by atoms with Crippen molar-refractivity contribution in [3.05, 3.63) is 53.6 Å². The third kappa shape index (κ3) is 5.24. The summed E-state index contributed by atoms with van der Waals surface area (Å²) in [6.07, 6.45) is 0.805. The van der Waals surface area contributed by atoms with Crippen LogP contribution in [-0.2, 0) is 27.2 Å². The van der Waals surface area contributed by atoms with Crippen LogP contribution in [0.15, 0.2) is 42.5 Å². The number of carbonyl (C=O) groups is 2. The highest BCUT2D eigenvalue weighted by Gasteiger charge is 2.13. The fraction of sp³-hybridized carbons (Fsp3) is 0.300. The zero-order valence-corrected chi connectivity index (χ0v) is 15.2. The van der Waals surface area contributed by atoms with Crippen LogP contribution in [0.5, 0.6) is 11.5 Å². The van der Waals surface area contributed by atoms with Crippen LogP contribution in [0.1, 0.15) is 18.1 Å². The predicted octanol–water partition coefficient (Wildman–Crippen LogP) is 2.99. The van der Waals surface area contributed by atoms with E-state index >= 15 is 0 Å². The molecule has 0 radical (unpaired) electrons. The van der Waals surface area contributed by atoms with Crippen molar-refractivity contribution in [1.29, 1.82) is 0 Å². The summed E-state index contributed by atoms with van der Waals surface area (Å²) < 4.78 is 15.4. The summed E-state index contributed by atoms with van der Waals surface area (Å²) in [5, 5.41) is 2.76. The molecule has 1 N–H and O–H groups in total. The molecule has 0 unspecified atom stereocenters. The monoisotopic (exact) mass is 357 g/mol. The Labute approximate surface area is 153 Å². The van der Waals surface area contributed by atoms with Gasteiger partial charge in [-0.3, -0.25) is 9.59 Å². The van der Waals surface area contributed by atoms with Crippen molar-refractivity contribution < 1.29 is 23.8 Å². The fourth-order valence-corrected chi connectivity index (χ4v) is 2.49. The molecule has 1 amide bonds. The molecule has 6 nitrogen and oxygen atoms in total. The van der Waals surface area contributed by atoms with Crippen molar-refractivity contribution in [2.45, 2.75) is 19.8 Å². The first-order valence-corrected chi connectivity index (χ1v) is 8.31. The number of ether oxygens (including phenoxy) is 3. The number of nitrogens with one attached hydrogen (secondary N) is 1. The molecule has 0 fully saturated rings. The standard InChI is InChI=1S/C20H23NO5/c1-4-14-7-5-6-8-17(14)21-19(22)13-26-20(23)11-15-9-10-16(24-2)12-18(15)25-3/h5-10,12H,4,11,13H2,1-3H3,(H,21,22). The minimum absolute atomic E-state index is 0.00595. The Balaban J connectivity index is 1.89. The van der Waals surface area contributed by atoms with Gasteiger partial charge in [-0.2, -0.15) is 0 Å². The Morgan fingerprint density at radius 2 is 1.77 bits per heavy atom. The third-order valence-electron chi connectivity index (χ3n) is 3.87. The topological polar surface area (TPSA) is 73.9 Å². The number of anilines is 1. The summed E-state index contributed by atoms with van der Waals surface area (Å²) in [5.41, 5.74) is 2.41. The molecule has 0 saturated carbocycles. The molecule has 0 aliphatic heterocycles. The molecule has 0 aliphatic rings. The van der Waals surface area contributed by atoms with E-state index in [1.807, 2.05) is 31.2 Å². The minimum Gasteiger partial charge on any atom is -0.497 e. The number of benzene rings is 2. The van der Waals surface area contributed by atoms with E-state index in [2.05, 4.69) is 5.32 Å². The van der Waals surface area contributed by atoms with Gasteiger partial charge in [-0.25, -0.2) is 0 Å². The molecule has 0 aliphatic carbocycles. The predicted molar refractivity (Wildman–Crippen MR) is 98.7 cm³/mol. The second-order valence-corrected chi connectivity index (χ2v) is 5.57. The van der Waals surface area contributed by atoms with E-state index < -0.39 is 5.97 Å². The Hall–Kier alpha value is -3.02. The van der Waals surface area contributed by atoms with Crippen molar-refractivity contribution in [3.63, 3.8) is 0 Å². The largest absolute Gasteiger partial charge is 0.497 e. The van der Waals surface area contributed by atoms with Gasteiger partial charge in [-0.05, 0) is 24.1 Å². The van der Waals surface area contributed by atoms with E-state index in [1.54, 1.807) is 25.3 Å². The zero-order valence-electron chi connectivity index (χ0n) is 15.2. The molecule has 0 aromatic heterocycles. The number of amides is 1. The van der Waals surface area contributed by atoms with Gasteiger partial charge in [0.25, 0.3) is 5.91 Å². The molecule has 0 heterocycles. The van der Waals surface area contributed by atoms with E-state index in [0.29, 0.717) is 17.1 Å². The van der Waals surface area contributed by atoms with Crippen LogP contribution in [-0.4, -0.2) is 32.7 Å². The number of hydrogen-bond acceptors (Lipinski definition) is 5. The first-order valence-electron chi connectivity index (χ1n) is 8.31. The smallest absolute Gasteiger partial charge is 0.310 e. The van der Waals surface area contributed by atoms with E-state index in [1.165, 1.54) is 7.11 Å². The lowest BCUT2D eigenvalue weighted by atomic mass is 10.1. The number of rotatable bonds is 8. The number of esters is 1. The number of hydrogen-bond donors (Lipinski definition) is 1. The second-order valence-electron chi connectivity index (χ2n) is 5.57. The molecule has 2 aromatic carbocycles. The molecular formula is C20H23NO5. The quantitative estimate of drug-likeness (QED) is 0.735. The molecular weight excluding hydrogens is 334 g/mol. The Morgan fingerprint density at radius 3 is 2.46 bits per heavy atom. The fourth-order valence-electron chi connectivity index (χ4n) is 2.49. The normalized spacial score (nSPS) is 10.1. The minimum atomic E-state index is -0.507. The van der Waals surface area contributed by atoms with E-state index in [0.717, 1.165) is 17.7 Å². The highest BCUT2D eigenvalue weighted by Crippen LogP contribution is 2.25. The molecule has 26 heavy (non-hydrogen) atoms. The highest BCUT2D eigenvalue weighted by molar-refractivity contribution is 5.93. The summed E-state index contributed by atoms with van der Waals surface area (Å²) in [4.78, 5) is 24.0. The van der Waals surface area contributed by atoms with Crippen LogP contribution in [0.2, 0.25) is 0 Å². The molecule has 2 rings (SSSR count). The lowest BCUT2D eigenvalue weighted by molar-refractivity contribution is -0.146. The number of methoxy groups -OCH3 is 2. The van der Waals surface area contributed by atoms with Crippen molar-refractivity contribution in [3.8, 4) is 11.5 Å². The Morgan fingerprint density at radius 1 is 1.00 bits per heavy atom. The van der Waals surface area contributed by atoms with Gasteiger partial charge in [0, 0.05) is 17.3 Å². The number of carbonyl (C=O) groups excluding carboxylic acids is 2. The average molecular weight is 357 g/mol. The van der Waals surface area contributed by atoms with Crippen LogP contribution in [0.25, 0.3) is 0 Å². The lowest BCUT2D eigenvalue weighted by Gasteiger charge is -2.11. The maximum atomic E-state index is 12.0. The van der Waals surface area contributed by atoms with Gasteiger partial charge in [0.1, 0.15) is 11.5 Å². The number of para-hydroxylation sites is 1.